The van der Waals surface area contributed by atoms with E-state index >= 15 is 0 Å². The van der Waals surface area contributed by atoms with Crippen LogP contribution in [0.2, 0.25) is 0 Å². The normalized spacial score (nSPS) is 27.0. The van der Waals surface area contributed by atoms with Gasteiger partial charge in [0.25, 0.3) is 0 Å². The molecule has 0 spiro atoms. The second-order valence-corrected chi connectivity index (χ2v) is 7.61. The van der Waals surface area contributed by atoms with Gasteiger partial charge in [-0.15, -0.1) is 12.4 Å². The van der Waals surface area contributed by atoms with Crippen molar-refractivity contribution in [2.45, 2.75) is 49.7 Å². The lowest BCUT2D eigenvalue weighted by Gasteiger charge is -2.38. The predicted molar refractivity (Wildman–Crippen MR) is 107 cm³/mol. The summed E-state index contributed by atoms with van der Waals surface area (Å²) in [5, 5.41) is 0. The van der Waals surface area contributed by atoms with E-state index in [-0.39, 0.29) is 42.4 Å². The average molecular weight is 410 g/mol. The number of rotatable bonds is 5. The number of nitrogens with zero attached hydrogens (tertiary/aromatic N) is 1. The number of ether oxygens (including phenoxy) is 2. The second kappa shape index (κ2) is 8.87. The van der Waals surface area contributed by atoms with E-state index in [9.17, 15) is 8.78 Å². The molecule has 4 atom stereocenters. The summed E-state index contributed by atoms with van der Waals surface area (Å²) in [6.45, 7) is 0. The van der Waals surface area contributed by atoms with E-state index in [1.165, 1.54) is 24.3 Å². The molecule has 4 rings (SSSR count). The van der Waals surface area contributed by atoms with Gasteiger partial charge >= 0.3 is 0 Å². The molecule has 6 heteroatoms. The largest absolute Gasteiger partial charge is 0.380 e. The zero-order valence-electron chi connectivity index (χ0n) is 16.1. The minimum absolute atomic E-state index is 0. The quantitative estimate of drug-likeness (QED) is 0.711. The van der Waals surface area contributed by atoms with Gasteiger partial charge in [-0.05, 0) is 61.7 Å². The molecule has 2 unspecified atom stereocenters. The van der Waals surface area contributed by atoms with Crippen LogP contribution in [-0.2, 0) is 9.47 Å². The molecular formula is C22H26ClF2NO2. The van der Waals surface area contributed by atoms with E-state index in [1.807, 2.05) is 0 Å². The van der Waals surface area contributed by atoms with Gasteiger partial charge in [0, 0.05) is 19.2 Å². The lowest BCUT2D eigenvalue weighted by molar-refractivity contribution is -0.0523. The average Bonchev–Trinajstić information content (AvgIpc) is 2.85. The van der Waals surface area contributed by atoms with Crippen molar-refractivity contribution in [3.63, 3.8) is 0 Å². The van der Waals surface area contributed by atoms with Crippen LogP contribution in [0.1, 0.15) is 36.5 Å². The monoisotopic (exact) mass is 409 g/mol. The summed E-state index contributed by atoms with van der Waals surface area (Å²) in [5.74, 6) is -0.561. The molecule has 0 aromatic heterocycles. The zero-order valence-corrected chi connectivity index (χ0v) is 16.9. The smallest absolute Gasteiger partial charge is 0.123 e. The molecule has 0 N–H and O–H groups in total. The van der Waals surface area contributed by atoms with Crippen LogP contribution in [0.25, 0.3) is 0 Å². The third-order valence-corrected chi connectivity index (χ3v) is 6.05. The Kier molecular flexibility index (Phi) is 6.71. The summed E-state index contributed by atoms with van der Waals surface area (Å²) >= 11 is 0. The number of likely N-dealkylation sites (N-methyl/N-ethyl adjacent to an activating group) is 1. The Hall–Kier alpha value is -1.53. The van der Waals surface area contributed by atoms with Gasteiger partial charge in [-0.3, -0.25) is 4.90 Å². The number of benzene rings is 2. The molecule has 0 radical (unpaired) electrons. The molecule has 0 saturated carbocycles. The highest BCUT2D eigenvalue weighted by molar-refractivity contribution is 5.85. The van der Waals surface area contributed by atoms with Crippen molar-refractivity contribution in [1.82, 2.24) is 4.90 Å². The summed E-state index contributed by atoms with van der Waals surface area (Å²) in [7, 11) is 3.93. The minimum atomic E-state index is -0.347. The van der Waals surface area contributed by atoms with E-state index in [2.05, 4.69) is 11.9 Å². The molecule has 3 nitrogen and oxygen atoms in total. The van der Waals surface area contributed by atoms with E-state index < -0.39 is 0 Å². The molecule has 2 aliphatic heterocycles. The van der Waals surface area contributed by atoms with Crippen LogP contribution in [0.15, 0.2) is 48.5 Å². The Balaban J connectivity index is 0.00000225. The molecule has 28 heavy (non-hydrogen) atoms. The molecule has 2 aromatic rings. The van der Waals surface area contributed by atoms with Crippen molar-refractivity contribution in [2.75, 3.05) is 14.2 Å². The molecular weight excluding hydrogens is 384 g/mol. The van der Waals surface area contributed by atoms with Crippen LogP contribution in [-0.4, -0.2) is 43.3 Å². The summed E-state index contributed by atoms with van der Waals surface area (Å²) in [5.41, 5.74) is 1.75. The lowest BCUT2D eigenvalue weighted by Crippen LogP contribution is -2.45. The van der Waals surface area contributed by atoms with Crippen molar-refractivity contribution in [1.29, 1.82) is 0 Å². The molecule has 2 heterocycles. The minimum Gasteiger partial charge on any atom is -0.380 e. The fraction of sp³-hybridized carbons (Fsp3) is 0.455. The first-order chi connectivity index (χ1) is 13.0. The number of fused-ring (bicyclic) bond motifs is 2. The molecule has 2 fully saturated rings. The lowest BCUT2D eigenvalue weighted by atomic mass is 9.97. The van der Waals surface area contributed by atoms with E-state index in [1.54, 1.807) is 31.4 Å². The van der Waals surface area contributed by atoms with Crippen LogP contribution in [0.5, 0.6) is 0 Å². The summed E-state index contributed by atoms with van der Waals surface area (Å²) in [4.78, 5) is 2.40. The topological polar surface area (TPSA) is 21.7 Å². The maximum atomic E-state index is 13.4. The number of methoxy groups -OCH3 is 1. The Morgan fingerprint density at radius 2 is 1.43 bits per heavy atom. The Labute approximate surface area is 171 Å². The van der Waals surface area contributed by atoms with Crippen molar-refractivity contribution < 1.29 is 18.3 Å². The molecule has 2 bridgehead atoms. The first kappa shape index (κ1) is 21.2. The number of piperidine rings is 1. The van der Waals surface area contributed by atoms with Gasteiger partial charge in [0.15, 0.2) is 0 Å². The Morgan fingerprint density at radius 1 is 0.893 bits per heavy atom. The van der Waals surface area contributed by atoms with Crippen molar-refractivity contribution in [2.24, 2.45) is 0 Å². The second-order valence-electron chi connectivity index (χ2n) is 7.61. The van der Waals surface area contributed by atoms with Crippen molar-refractivity contribution in [3.05, 3.63) is 71.3 Å². The van der Waals surface area contributed by atoms with Gasteiger partial charge in [-0.25, -0.2) is 8.78 Å². The fourth-order valence-electron chi connectivity index (χ4n) is 4.56. The van der Waals surface area contributed by atoms with Crippen molar-refractivity contribution >= 4 is 12.4 Å². The molecule has 2 aromatic carbocycles. The summed E-state index contributed by atoms with van der Waals surface area (Å²) in [6, 6.07) is 13.5. The standard InChI is InChI=1S/C22H25F2NO2.ClH/c1-25-18-11-19(13-20(25)21(12-18)26-2)27-22(14-3-7-16(23)8-4-14)15-5-9-17(24)10-6-15;/h3-10,18-22H,11-13H2,1-2H3;1H/t18?,19-,20?,21-;/m0./s1. The highest BCUT2D eigenvalue weighted by Gasteiger charge is 2.46. The van der Waals surface area contributed by atoms with Gasteiger partial charge in [0.1, 0.15) is 17.7 Å². The Bertz CT molecular complexity index is 726. The number of hydrogen-bond donors (Lipinski definition) is 0. The number of halogens is 3. The van der Waals surface area contributed by atoms with Crippen LogP contribution < -0.4 is 0 Å². The third kappa shape index (κ3) is 4.23. The maximum absolute atomic E-state index is 13.4. The van der Waals surface area contributed by atoms with Gasteiger partial charge in [-0.1, -0.05) is 24.3 Å². The fourth-order valence-corrected chi connectivity index (χ4v) is 4.56. The van der Waals surface area contributed by atoms with Gasteiger partial charge in [-0.2, -0.15) is 0 Å². The van der Waals surface area contributed by atoms with Crippen LogP contribution >= 0.6 is 12.4 Å². The van der Waals surface area contributed by atoms with Crippen LogP contribution in [0.4, 0.5) is 8.78 Å². The molecule has 0 aliphatic carbocycles. The molecule has 2 aliphatic rings. The van der Waals surface area contributed by atoms with Gasteiger partial charge in [0.2, 0.25) is 0 Å². The molecule has 0 amide bonds. The molecule has 2 saturated heterocycles. The highest BCUT2D eigenvalue weighted by atomic mass is 35.5. The van der Waals surface area contributed by atoms with Gasteiger partial charge in [0.05, 0.1) is 12.2 Å². The number of hydrogen-bond acceptors (Lipinski definition) is 3. The van der Waals surface area contributed by atoms with Gasteiger partial charge < -0.3 is 9.47 Å². The Morgan fingerprint density at radius 3 is 1.93 bits per heavy atom. The summed E-state index contributed by atoms with van der Waals surface area (Å²) in [6.07, 6.45) is 2.82. The maximum Gasteiger partial charge on any atom is 0.123 e. The van der Waals surface area contributed by atoms with E-state index in [4.69, 9.17) is 9.47 Å². The molecule has 152 valence electrons. The zero-order chi connectivity index (χ0) is 19.0. The predicted octanol–water partition coefficient (Wildman–Crippen LogP) is 4.74. The third-order valence-electron chi connectivity index (χ3n) is 6.05. The summed E-state index contributed by atoms with van der Waals surface area (Å²) < 4.78 is 39.0. The highest BCUT2D eigenvalue weighted by Crippen LogP contribution is 2.39. The SMILES string of the molecule is CO[C@H]1CC2C[C@H](OC(c3ccc(F)cc3)c3ccc(F)cc3)CC1N2C.Cl. The van der Waals surface area contributed by atoms with Crippen LogP contribution in [0.3, 0.4) is 0 Å². The van der Waals surface area contributed by atoms with E-state index in [0.717, 1.165) is 30.4 Å². The van der Waals surface area contributed by atoms with Crippen molar-refractivity contribution in [3.8, 4) is 0 Å². The first-order valence-corrected chi connectivity index (χ1v) is 9.46. The van der Waals surface area contributed by atoms with Crippen LogP contribution in [0, 0.1) is 11.6 Å². The first-order valence-electron chi connectivity index (χ1n) is 9.46. The van der Waals surface area contributed by atoms with E-state index in [0.29, 0.717) is 12.1 Å².